The van der Waals surface area contributed by atoms with Gasteiger partial charge < -0.3 is 9.80 Å². The molecule has 2 aromatic carbocycles. The van der Waals surface area contributed by atoms with Gasteiger partial charge >= 0.3 is 33.0 Å². The molecular formula is C18H26F6N2P2. The van der Waals surface area contributed by atoms with Crippen molar-refractivity contribution in [1.29, 1.82) is 0 Å². The maximum absolute atomic E-state index is 10.7. The molecule has 0 aromatic heterocycles. The van der Waals surface area contributed by atoms with Crippen molar-refractivity contribution in [2.75, 3.05) is 28.2 Å². The monoisotopic (exact) mass is 446 g/mol. The summed E-state index contributed by atoms with van der Waals surface area (Å²) in [6, 6.07) is 17.6. The molecule has 1 atom stereocenters. The minimum atomic E-state index is -10.7. The minimum absolute atomic E-state index is 0.144. The molecule has 0 aliphatic heterocycles. The van der Waals surface area contributed by atoms with Crippen LogP contribution in [0.3, 0.4) is 0 Å². The number of halogens is 6. The number of hydrogen-bond acceptors (Lipinski definition) is 2. The average molecular weight is 446 g/mol. The third kappa shape index (κ3) is 13.1. The number of hydrogen-bond donors (Lipinski definition) is 0. The maximum atomic E-state index is 9.87. The molecule has 2 nitrogen and oxygen atoms in total. The number of nitrogens with zero attached hydrogens (tertiary/aromatic N) is 2. The molecule has 2 rings (SSSR count). The van der Waals surface area contributed by atoms with Gasteiger partial charge in [0.05, 0.1) is 13.9 Å². The Morgan fingerprint density at radius 1 is 0.679 bits per heavy atom. The first-order valence-electron chi connectivity index (χ1n) is 8.37. The molecule has 28 heavy (non-hydrogen) atoms. The van der Waals surface area contributed by atoms with E-state index in [0.29, 0.717) is 0 Å². The molecule has 2 aromatic rings. The normalized spacial score (nSPS) is 14.7. The summed E-state index contributed by atoms with van der Waals surface area (Å²) in [6.07, 6.45) is 0. The fourth-order valence-electron chi connectivity index (χ4n) is 2.52. The van der Waals surface area contributed by atoms with Crippen molar-refractivity contribution in [3.05, 3.63) is 59.7 Å². The Morgan fingerprint density at radius 3 is 1.43 bits per heavy atom. The Balaban J connectivity index is 0.000000480. The van der Waals surface area contributed by atoms with Gasteiger partial charge in [-0.3, -0.25) is 0 Å². The topological polar surface area (TPSA) is 6.48 Å². The van der Waals surface area contributed by atoms with Crippen LogP contribution in [0.25, 0.3) is 0 Å². The molecule has 160 valence electrons. The predicted molar refractivity (Wildman–Crippen MR) is 110 cm³/mol. The van der Waals surface area contributed by atoms with Crippen molar-refractivity contribution >= 4 is 27.0 Å². The predicted octanol–water partition coefficient (Wildman–Crippen LogP) is 5.55. The molecule has 10 heteroatoms. The fraction of sp³-hybridized carbons (Fsp3) is 0.333. The quantitative estimate of drug-likeness (QED) is 0.424. The van der Waals surface area contributed by atoms with Crippen LogP contribution in [-0.2, 0) is 13.1 Å². The SMILES string of the molecule is CN(C)Cc1cccc(CN(C)C)c1[PH2+]c1ccccc1.F[P-](F)(F)(F)(F)F. The Morgan fingerprint density at radius 2 is 1.07 bits per heavy atom. The van der Waals surface area contributed by atoms with Crippen LogP contribution >= 0.6 is 16.4 Å². The van der Waals surface area contributed by atoms with E-state index in [1.54, 1.807) is 5.30 Å². The average Bonchev–Trinajstić information content (AvgIpc) is 2.47. The summed E-state index contributed by atoms with van der Waals surface area (Å²) < 4.78 is 59.2. The van der Waals surface area contributed by atoms with Crippen molar-refractivity contribution in [3.8, 4) is 0 Å². The summed E-state index contributed by atoms with van der Waals surface area (Å²) >= 11 is 0. The van der Waals surface area contributed by atoms with Gasteiger partial charge in [0.15, 0.2) is 0 Å². The van der Waals surface area contributed by atoms with Crippen molar-refractivity contribution in [2.24, 2.45) is 0 Å². The summed E-state index contributed by atoms with van der Waals surface area (Å²) in [7, 11) is -1.96. The second kappa shape index (κ2) is 8.66. The molecule has 0 spiro atoms. The standard InChI is InChI=1S/C18H25N2P.F6P/c1-19(2)13-15-9-8-10-16(14-20(3)4)18(15)21-17-11-6-5-7-12-17;1-7(2,3,4,5)6/h5-12,21H,13-14H2,1-4H3;/q;-1/p+1. The van der Waals surface area contributed by atoms with Crippen molar-refractivity contribution < 1.29 is 25.2 Å². The van der Waals surface area contributed by atoms with Crippen molar-refractivity contribution in [1.82, 2.24) is 9.80 Å². The summed E-state index contributed by atoms with van der Waals surface area (Å²) in [4.78, 5) is 4.51. The molecule has 0 bridgehead atoms. The molecular weight excluding hydrogens is 420 g/mol. The summed E-state index contributed by atoms with van der Waals surface area (Å²) in [6.45, 7) is 2.02. The summed E-state index contributed by atoms with van der Waals surface area (Å²) in [5.74, 6) is 0. The Labute approximate surface area is 163 Å². The molecule has 1 unspecified atom stereocenters. The van der Waals surface area contributed by atoms with Crippen LogP contribution in [0.15, 0.2) is 48.5 Å². The molecule has 0 saturated heterocycles. The molecule has 0 fully saturated rings. The number of benzene rings is 2. The van der Waals surface area contributed by atoms with Crippen molar-refractivity contribution in [3.63, 3.8) is 0 Å². The second-order valence-corrected chi connectivity index (χ2v) is 10.4. The first kappa shape index (κ1) is 24.8. The van der Waals surface area contributed by atoms with Gasteiger partial charge in [0, 0.05) is 24.2 Å². The zero-order chi connectivity index (χ0) is 21.7. The molecule has 0 heterocycles. The fourth-order valence-corrected chi connectivity index (χ4v) is 4.02. The van der Waals surface area contributed by atoms with E-state index in [1.165, 1.54) is 16.4 Å². The van der Waals surface area contributed by atoms with E-state index in [2.05, 4.69) is 86.5 Å². The molecule has 0 saturated carbocycles. The first-order valence-corrected chi connectivity index (χ1v) is 11.6. The van der Waals surface area contributed by atoms with E-state index < -0.39 is 7.81 Å². The van der Waals surface area contributed by atoms with Crippen molar-refractivity contribution in [2.45, 2.75) is 13.1 Å². The third-order valence-electron chi connectivity index (χ3n) is 3.37. The summed E-state index contributed by atoms with van der Waals surface area (Å²) in [5, 5.41) is 3.02. The van der Waals surface area contributed by atoms with Gasteiger partial charge in [0.1, 0.15) is 5.30 Å². The Kier molecular flexibility index (Phi) is 7.68. The Bertz CT molecular complexity index is 723. The first-order chi connectivity index (χ1) is 12.5. The van der Waals surface area contributed by atoms with E-state index in [1.807, 2.05) is 0 Å². The third-order valence-corrected chi connectivity index (χ3v) is 5.12. The second-order valence-electron chi connectivity index (χ2n) is 6.98. The van der Waals surface area contributed by atoms with Crippen LogP contribution in [0.2, 0.25) is 0 Å². The van der Waals surface area contributed by atoms with Crippen LogP contribution in [0.5, 0.6) is 0 Å². The van der Waals surface area contributed by atoms with Crippen LogP contribution < -0.4 is 10.6 Å². The van der Waals surface area contributed by atoms with Crippen LogP contribution in [0, 0.1) is 0 Å². The molecule has 0 radical (unpaired) electrons. The van der Waals surface area contributed by atoms with Gasteiger partial charge in [-0.25, -0.2) is 0 Å². The van der Waals surface area contributed by atoms with Crippen LogP contribution in [0.1, 0.15) is 11.1 Å². The van der Waals surface area contributed by atoms with Gasteiger partial charge in [-0.2, -0.15) is 0 Å². The zero-order valence-corrected chi connectivity index (χ0v) is 18.3. The Hall–Kier alpha value is -1.20. The van der Waals surface area contributed by atoms with E-state index in [-0.39, 0.29) is 8.58 Å². The van der Waals surface area contributed by atoms with Gasteiger partial charge in [-0.15, -0.1) is 0 Å². The van der Waals surface area contributed by atoms with Gasteiger partial charge in [-0.1, -0.05) is 36.4 Å². The zero-order valence-electron chi connectivity index (χ0n) is 16.2. The molecule has 0 aliphatic rings. The van der Waals surface area contributed by atoms with Crippen LogP contribution in [-0.4, -0.2) is 38.0 Å². The molecule has 0 amide bonds. The van der Waals surface area contributed by atoms with E-state index in [4.69, 9.17) is 0 Å². The number of rotatable bonds is 6. The molecule has 0 N–H and O–H groups in total. The van der Waals surface area contributed by atoms with E-state index in [9.17, 15) is 25.2 Å². The van der Waals surface area contributed by atoms with Gasteiger partial charge in [0.2, 0.25) is 0 Å². The van der Waals surface area contributed by atoms with E-state index in [0.717, 1.165) is 13.1 Å². The summed E-state index contributed by atoms with van der Waals surface area (Å²) in [5.41, 5.74) is 2.94. The van der Waals surface area contributed by atoms with E-state index >= 15 is 0 Å². The van der Waals surface area contributed by atoms with Crippen LogP contribution in [0.4, 0.5) is 25.2 Å². The van der Waals surface area contributed by atoms with Gasteiger partial charge in [0.25, 0.3) is 0 Å². The van der Waals surface area contributed by atoms with Gasteiger partial charge in [-0.05, 0) is 40.3 Å². The molecule has 0 aliphatic carbocycles.